The van der Waals surface area contributed by atoms with E-state index in [-0.39, 0.29) is 11.4 Å². The van der Waals surface area contributed by atoms with Crippen molar-refractivity contribution in [2.75, 3.05) is 25.0 Å². The van der Waals surface area contributed by atoms with Crippen molar-refractivity contribution in [3.63, 3.8) is 0 Å². The third-order valence-electron chi connectivity index (χ3n) is 4.50. The normalized spacial score (nSPS) is 11.5. The molecule has 0 unspecified atom stereocenters. The molecular formula is C21H28N6O3S. The molecule has 166 valence electrons. The largest absolute Gasteiger partial charge is 0.494 e. The molecule has 0 spiro atoms. The lowest BCUT2D eigenvalue weighted by Gasteiger charge is -2.10. The van der Waals surface area contributed by atoms with E-state index in [0.29, 0.717) is 30.5 Å². The highest BCUT2D eigenvalue weighted by atomic mass is 32.2. The van der Waals surface area contributed by atoms with Gasteiger partial charge in [-0.1, -0.05) is 13.3 Å². The van der Waals surface area contributed by atoms with Crippen LogP contribution in [-0.4, -0.2) is 48.1 Å². The Balaban J connectivity index is 1.48. The lowest BCUT2D eigenvalue weighted by molar-refractivity contribution is 0.309. The maximum absolute atomic E-state index is 12.4. The number of unbranched alkanes of at least 4 members (excludes halogenated alkanes) is 1. The third-order valence-corrected chi connectivity index (χ3v) is 5.98. The van der Waals surface area contributed by atoms with Crippen LogP contribution in [0, 0.1) is 13.8 Å². The first-order valence-electron chi connectivity index (χ1n) is 10.2. The molecule has 0 radical (unpaired) electrons. The first kappa shape index (κ1) is 22.7. The number of sulfonamides is 1. The highest BCUT2D eigenvalue weighted by molar-refractivity contribution is 7.89. The van der Waals surface area contributed by atoms with Gasteiger partial charge in [0, 0.05) is 18.8 Å². The van der Waals surface area contributed by atoms with E-state index in [4.69, 9.17) is 4.74 Å². The van der Waals surface area contributed by atoms with Crippen molar-refractivity contribution in [1.82, 2.24) is 24.7 Å². The van der Waals surface area contributed by atoms with Gasteiger partial charge in [0.1, 0.15) is 11.6 Å². The second-order valence-corrected chi connectivity index (χ2v) is 8.88. The molecule has 10 heteroatoms. The summed E-state index contributed by atoms with van der Waals surface area (Å²) in [6.07, 6.45) is 2.01. The van der Waals surface area contributed by atoms with Crippen molar-refractivity contribution >= 4 is 15.8 Å². The Labute approximate surface area is 182 Å². The van der Waals surface area contributed by atoms with Gasteiger partial charge in [-0.25, -0.2) is 17.8 Å². The van der Waals surface area contributed by atoms with Crippen LogP contribution in [0.1, 0.15) is 31.2 Å². The predicted octanol–water partition coefficient (Wildman–Crippen LogP) is 2.85. The molecule has 2 aromatic heterocycles. The zero-order valence-corrected chi connectivity index (χ0v) is 18.8. The Morgan fingerprint density at radius 3 is 2.42 bits per heavy atom. The molecule has 9 nitrogen and oxygen atoms in total. The quantitative estimate of drug-likeness (QED) is 0.438. The number of aromatic nitrogens is 4. The molecule has 0 saturated heterocycles. The third kappa shape index (κ3) is 6.25. The van der Waals surface area contributed by atoms with Crippen molar-refractivity contribution in [3.05, 3.63) is 53.9 Å². The molecule has 0 saturated carbocycles. The Kier molecular flexibility index (Phi) is 7.59. The lowest BCUT2D eigenvalue weighted by atomic mass is 10.3. The molecule has 1 aromatic carbocycles. The fourth-order valence-electron chi connectivity index (χ4n) is 2.90. The van der Waals surface area contributed by atoms with Gasteiger partial charge in [0.2, 0.25) is 10.0 Å². The number of rotatable bonds is 11. The van der Waals surface area contributed by atoms with E-state index in [1.807, 2.05) is 26.0 Å². The first-order chi connectivity index (χ1) is 14.9. The monoisotopic (exact) mass is 444 g/mol. The van der Waals surface area contributed by atoms with E-state index < -0.39 is 10.0 Å². The van der Waals surface area contributed by atoms with E-state index in [0.717, 1.165) is 24.2 Å². The predicted molar refractivity (Wildman–Crippen MR) is 119 cm³/mol. The number of ether oxygens (including phenoxy) is 1. The van der Waals surface area contributed by atoms with Crippen molar-refractivity contribution in [2.45, 2.75) is 38.5 Å². The Hall–Kier alpha value is -2.98. The number of hydrogen-bond acceptors (Lipinski definition) is 7. The van der Waals surface area contributed by atoms with Crippen LogP contribution in [-0.2, 0) is 10.0 Å². The van der Waals surface area contributed by atoms with Crippen LogP contribution in [0.15, 0.2) is 47.4 Å². The molecule has 31 heavy (non-hydrogen) atoms. The van der Waals surface area contributed by atoms with Gasteiger partial charge in [0.25, 0.3) is 0 Å². The zero-order valence-electron chi connectivity index (χ0n) is 18.0. The topological polar surface area (TPSA) is 111 Å². The second-order valence-electron chi connectivity index (χ2n) is 7.11. The Morgan fingerprint density at radius 1 is 1.03 bits per heavy atom. The minimum atomic E-state index is -3.60. The fraction of sp³-hybridized carbons (Fsp3) is 0.381. The number of aryl methyl sites for hydroxylation is 2. The summed E-state index contributed by atoms with van der Waals surface area (Å²) >= 11 is 0. The average molecular weight is 445 g/mol. The molecule has 0 atom stereocenters. The summed E-state index contributed by atoms with van der Waals surface area (Å²) in [5, 5.41) is 15.7. The smallest absolute Gasteiger partial charge is 0.240 e. The standard InChI is InChI=1S/C21H28N6O3S/c1-4-5-14-30-18-6-8-19(9-7-18)31(28,29)23-13-12-22-20-10-11-21(25-24-20)27-17(3)15-16(2)26-27/h6-11,15,23H,4-5,12-14H2,1-3H3,(H,22,24). The SMILES string of the molecule is CCCCOc1ccc(S(=O)(=O)NCCNc2ccc(-n3nc(C)cc3C)nn2)cc1. The van der Waals surface area contributed by atoms with E-state index in [2.05, 4.69) is 32.3 Å². The summed E-state index contributed by atoms with van der Waals surface area (Å²) in [5.74, 6) is 1.84. The molecule has 0 aliphatic heterocycles. The maximum Gasteiger partial charge on any atom is 0.240 e. The Bertz CT molecular complexity index is 1080. The van der Waals surface area contributed by atoms with Crippen LogP contribution in [0.5, 0.6) is 5.75 Å². The number of anilines is 1. The van der Waals surface area contributed by atoms with Crippen LogP contribution in [0.25, 0.3) is 5.82 Å². The van der Waals surface area contributed by atoms with Crippen molar-refractivity contribution in [2.24, 2.45) is 0 Å². The van der Waals surface area contributed by atoms with Gasteiger partial charge in [-0.15, -0.1) is 10.2 Å². The van der Waals surface area contributed by atoms with Crippen molar-refractivity contribution < 1.29 is 13.2 Å². The molecule has 3 aromatic rings. The van der Waals surface area contributed by atoms with Gasteiger partial charge in [0.05, 0.1) is 17.2 Å². The second kappa shape index (κ2) is 10.4. The molecule has 0 fully saturated rings. The van der Waals surface area contributed by atoms with Gasteiger partial charge in [0.15, 0.2) is 5.82 Å². The van der Waals surface area contributed by atoms with E-state index in [9.17, 15) is 8.42 Å². The van der Waals surface area contributed by atoms with E-state index in [1.165, 1.54) is 0 Å². The number of hydrogen-bond donors (Lipinski definition) is 2. The molecule has 3 rings (SSSR count). The average Bonchev–Trinajstić information content (AvgIpc) is 3.10. The summed E-state index contributed by atoms with van der Waals surface area (Å²) in [6.45, 7) is 7.15. The molecule has 0 aliphatic carbocycles. The zero-order chi connectivity index (χ0) is 22.3. The summed E-state index contributed by atoms with van der Waals surface area (Å²) < 4.78 is 34.7. The van der Waals surface area contributed by atoms with Gasteiger partial charge in [-0.3, -0.25) is 0 Å². The van der Waals surface area contributed by atoms with Crippen LogP contribution < -0.4 is 14.8 Å². The van der Waals surface area contributed by atoms with E-state index >= 15 is 0 Å². The van der Waals surface area contributed by atoms with Crippen LogP contribution >= 0.6 is 0 Å². The fourth-order valence-corrected chi connectivity index (χ4v) is 3.93. The van der Waals surface area contributed by atoms with Gasteiger partial charge in [-0.2, -0.15) is 5.10 Å². The van der Waals surface area contributed by atoms with Crippen LogP contribution in [0.4, 0.5) is 5.82 Å². The number of nitrogens with zero attached hydrogens (tertiary/aromatic N) is 4. The van der Waals surface area contributed by atoms with E-state index in [1.54, 1.807) is 35.0 Å². The lowest BCUT2D eigenvalue weighted by Crippen LogP contribution is -2.29. The van der Waals surface area contributed by atoms with Crippen molar-refractivity contribution in [3.8, 4) is 11.6 Å². The maximum atomic E-state index is 12.4. The number of benzene rings is 1. The highest BCUT2D eigenvalue weighted by Gasteiger charge is 2.13. The molecule has 0 bridgehead atoms. The van der Waals surface area contributed by atoms with Gasteiger partial charge in [-0.05, 0) is 62.7 Å². The summed E-state index contributed by atoms with van der Waals surface area (Å²) in [5.41, 5.74) is 1.88. The minimum Gasteiger partial charge on any atom is -0.494 e. The summed E-state index contributed by atoms with van der Waals surface area (Å²) in [6, 6.07) is 12.0. The number of nitrogens with one attached hydrogen (secondary N) is 2. The molecule has 0 aliphatic rings. The molecule has 0 amide bonds. The van der Waals surface area contributed by atoms with Crippen molar-refractivity contribution in [1.29, 1.82) is 0 Å². The molecular weight excluding hydrogens is 416 g/mol. The first-order valence-corrected chi connectivity index (χ1v) is 11.7. The summed E-state index contributed by atoms with van der Waals surface area (Å²) in [4.78, 5) is 0.198. The van der Waals surface area contributed by atoms with Crippen LogP contribution in [0.2, 0.25) is 0 Å². The minimum absolute atomic E-state index is 0.198. The van der Waals surface area contributed by atoms with Gasteiger partial charge < -0.3 is 10.1 Å². The Morgan fingerprint density at radius 2 is 1.81 bits per heavy atom. The highest BCUT2D eigenvalue weighted by Crippen LogP contribution is 2.16. The van der Waals surface area contributed by atoms with Crippen LogP contribution in [0.3, 0.4) is 0 Å². The van der Waals surface area contributed by atoms with Gasteiger partial charge >= 0.3 is 0 Å². The molecule has 2 heterocycles. The molecule has 2 N–H and O–H groups in total. The summed E-state index contributed by atoms with van der Waals surface area (Å²) in [7, 11) is -3.60.